The lowest BCUT2D eigenvalue weighted by molar-refractivity contribution is 0.101. The fourth-order valence-corrected chi connectivity index (χ4v) is 2.10. The number of ether oxygens (including phenoxy) is 1. The van der Waals surface area contributed by atoms with Gasteiger partial charge in [-0.3, -0.25) is 9.89 Å². The van der Waals surface area contributed by atoms with Crippen molar-refractivity contribution in [1.82, 2.24) is 15.2 Å². The number of nitrogens with zero attached hydrogens (tertiary/aromatic N) is 2. The minimum Gasteiger partial charge on any atom is -0.482 e. The fraction of sp³-hybridized carbons (Fsp3) is 0.308. The third kappa shape index (κ3) is 3.22. The van der Waals surface area contributed by atoms with Crippen LogP contribution in [0.25, 0.3) is 0 Å². The highest BCUT2D eigenvalue weighted by atomic mass is 79.9. The van der Waals surface area contributed by atoms with Gasteiger partial charge in [0.2, 0.25) is 0 Å². The van der Waals surface area contributed by atoms with Crippen LogP contribution in [0.5, 0.6) is 5.75 Å². The Kier molecular flexibility index (Phi) is 4.49. The average molecular weight is 342 g/mol. The van der Waals surface area contributed by atoms with Crippen LogP contribution in [-0.2, 0) is 13.0 Å². The first kappa shape index (κ1) is 14.6. The van der Waals surface area contributed by atoms with Gasteiger partial charge in [-0.1, -0.05) is 22.9 Å². The maximum absolute atomic E-state index is 13.9. The van der Waals surface area contributed by atoms with E-state index < -0.39 is 5.82 Å². The van der Waals surface area contributed by atoms with Gasteiger partial charge in [-0.15, -0.1) is 0 Å². The van der Waals surface area contributed by atoms with Crippen LogP contribution in [0.4, 0.5) is 4.39 Å². The molecule has 1 aromatic carbocycles. The second-order valence-electron chi connectivity index (χ2n) is 4.16. The molecule has 2 rings (SSSR count). The maximum Gasteiger partial charge on any atom is 0.166 e. The molecule has 20 heavy (non-hydrogen) atoms. The molecule has 7 heteroatoms. The van der Waals surface area contributed by atoms with Crippen molar-refractivity contribution in [1.29, 1.82) is 0 Å². The minimum atomic E-state index is -0.597. The number of benzene rings is 1. The van der Waals surface area contributed by atoms with Crippen molar-refractivity contribution >= 4 is 21.7 Å². The number of carbonyl (C=O) groups is 1. The van der Waals surface area contributed by atoms with E-state index in [1.54, 1.807) is 0 Å². The molecule has 0 spiro atoms. The number of aryl methyl sites for hydroxylation is 1. The molecule has 1 N–H and O–H groups in total. The van der Waals surface area contributed by atoms with Crippen LogP contribution in [0.3, 0.4) is 0 Å². The van der Waals surface area contributed by atoms with Crippen molar-refractivity contribution in [3.05, 3.63) is 39.6 Å². The van der Waals surface area contributed by atoms with Gasteiger partial charge < -0.3 is 4.74 Å². The van der Waals surface area contributed by atoms with E-state index in [0.29, 0.717) is 22.5 Å². The molecule has 106 valence electrons. The van der Waals surface area contributed by atoms with E-state index in [1.807, 2.05) is 6.92 Å². The van der Waals surface area contributed by atoms with E-state index in [1.165, 1.54) is 19.1 Å². The molecule has 0 fully saturated rings. The number of rotatable bonds is 5. The summed E-state index contributed by atoms with van der Waals surface area (Å²) in [6.07, 6.45) is 0.696. The number of hydrogen-bond acceptors (Lipinski definition) is 4. The topological polar surface area (TPSA) is 67.9 Å². The first-order chi connectivity index (χ1) is 9.51. The van der Waals surface area contributed by atoms with Gasteiger partial charge in [-0.05, 0) is 19.1 Å². The molecule has 1 heterocycles. The smallest absolute Gasteiger partial charge is 0.166 e. The first-order valence-corrected chi connectivity index (χ1v) is 6.83. The summed E-state index contributed by atoms with van der Waals surface area (Å²) >= 11 is 3.15. The monoisotopic (exact) mass is 341 g/mol. The van der Waals surface area contributed by atoms with Gasteiger partial charge in [0.25, 0.3) is 0 Å². The van der Waals surface area contributed by atoms with Crippen molar-refractivity contribution in [2.24, 2.45) is 0 Å². The first-order valence-electron chi connectivity index (χ1n) is 6.04. The molecule has 2 aromatic rings. The zero-order valence-electron chi connectivity index (χ0n) is 11.0. The number of H-pyrrole nitrogens is 1. The average Bonchev–Trinajstić information content (AvgIpc) is 2.84. The van der Waals surface area contributed by atoms with Gasteiger partial charge in [0.15, 0.2) is 29.0 Å². The highest BCUT2D eigenvalue weighted by Gasteiger charge is 2.16. The summed E-state index contributed by atoms with van der Waals surface area (Å²) in [7, 11) is 0. The molecular weight excluding hydrogens is 329 g/mol. The van der Waals surface area contributed by atoms with E-state index in [-0.39, 0.29) is 23.7 Å². The van der Waals surface area contributed by atoms with Crippen LogP contribution < -0.4 is 4.74 Å². The predicted molar refractivity (Wildman–Crippen MR) is 74.2 cm³/mol. The number of ketones is 1. The third-order valence-corrected chi connectivity index (χ3v) is 3.09. The molecule has 0 aliphatic carbocycles. The van der Waals surface area contributed by atoms with E-state index >= 15 is 0 Å². The third-order valence-electron chi connectivity index (χ3n) is 2.64. The number of nitrogens with one attached hydrogen (secondary N) is 1. The van der Waals surface area contributed by atoms with E-state index in [2.05, 4.69) is 31.1 Å². The standard InChI is InChI=1S/C13H13BrFN3O2/c1-3-11-16-12(18-17-11)6-20-13-9(7(2)19)4-8(14)5-10(13)15/h4-5H,3,6H2,1-2H3,(H,16,17,18). The number of carbonyl (C=O) groups excluding carboxylic acids is 1. The number of aromatic nitrogens is 3. The minimum absolute atomic E-state index is 0.0197. The van der Waals surface area contributed by atoms with Crippen LogP contribution in [0.1, 0.15) is 35.9 Å². The van der Waals surface area contributed by atoms with Crippen LogP contribution in [0.2, 0.25) is 0 Å². The lowest BCUT2D eigenvalue weighted by atomic mass is 10.1. The Morgan fingerprint density at radius 2 is 2.25 bits per heavy atom. The molecule has 0 aliphatic rings. The largest absolute Gasteiger partial charge is 0.482 e. The van der Waals surface area contributed by atoms with Gasteiger partial charge in [-0.25, -0.2) is 9.37 Å². The van der Waals surface area contributed by atoms with Crippen LogP contribution >= 0.6 is 15.9 Å². The molecule has 0 saturated heterocycles. The van der Waals surface area contributed by atoms with Crippen molar-refractivity contribution in [3.63, 3.8) is 0 Å². The Hall–Kier alpha value is -1.76. The SMILES string of the molecule is CCc1n[nH]c(COc2c(F)cc(Br)cc2C(C)=O)n1. The van der Waals surface area contributed by atoms with E-state index in [0.717, 1.165) is 0 Å². The summed E-state index contributed by atoms with van der Waals surface area (Å²) in [6, 6.07) is 2.78. The number of aromatic amines is 1. The molecule has 0 atom stereocenters. The molecule has 0 saturated carbocycles. The summed E-state index contributed by atoms with van der Waals surface area (Å²) in [5.41, 5.74) is 0.187. The van der Waals surface area contributed by atoms with Crippen molar-refractivity contribution < 1.29 is 13.9 Å². The van der Waals surface area contributed by atoms with Gasteiger partial charge in [0.1, 0.15) is 6.61 Å². The highest BCUT2D eigenvalue weighted by molar-refractivity contribution is 9.10. The summed E-state index contributed by atoms with van der Waals surface area (Å²) in [6.45, 7) is 3.31. The molecule has 0 amide bonds. The number of Topliss-reactive ketones (excluding diaryl/α,β-unsaturated/α-hetero) is 1. The van der Waals surface area contributed by atoms with E-state index in [4.69, 9.17) is 4.74 Å². The summed E-state index contributed by atoms with van der Waals surface area (Å²) in [5.74, 6) is 0.201. The molecule has 0 radical (unpaired) electrons. The lowest BCUT2D eigenvalue weighted by Crippen LogP contribution is -2.05. The van der Waals surface area contributed by atoms with Crippen LogP contribution in [0, 0.1) is 5.82 Å². The zero-order valence-corrected chi connectivity index (χ0v) is 12.6. The van der Waals surface area contributed by atoms with Gasteiger partial charge >= 0.3 is 0 Å². The van der Waals surface area contributed by atoms with Gasteiger partial charge in [-0.2, -0.15) is 5.10 Å². The quantitative estimate of drug-likeness (QED) is 0.848. The maximum atomic E-state index is 13.9. The molecule has 0 aliphatic heterocycles. The molecular formula is C13H13BrFN3O2. The second kappa shape index (κ2) is 6.13. The lowest BCUT2D eigenvalue weighted by Gasteiger charge is -2.10. The predicted octanol–water partition coefficient (Wildman–Crippen LogP) is 3.05. The van der Waals surface area contributed by atoms with E-state index in [9.17, 15) is 9.18 Å². The van der Waals surface area contributed by atoms with Crippen molar-refractivity contribution in [2.75, 3.05) is 0 Å². The number of halogens is 2. The van der Waals surface area contributed by atoms with Gasteiger partial charge in [0.05, 0.1) is 5.56 Å². The highest BCUT2D eigenvalue weighted by Crippen LogP contribution is 2.28. The Morgan fingerprint density at radius 1 is 1.50 bits per heavy atom. The number of hydrogen-bond donors (Lipinski definition) is 1. The Balaban J connectivity index is 2.22. The second-order valence-corrected chi connectivity index (χ2v) is 5.08. The summed E-state index contributed by atoms with van der Waals surface area (Å²) in [5, 5.41) is 6.66. The zero-order chi connectivity index (χ0) is 14.7. The molecule has 5 nitrogen and oxygen atoms in total. The molecule has 0 unspecified atom stereocenters. The molecule has 0 bridgehead atoms. The fourth-order valence-electron chi connectivity index (χ4n) is 1.67. The molecule has 1 aromatic heterocycles. The van der Waals surface area contributed by atoms with Crippen LogP contribution in [-0.4, -0.2) is 21.0 Å². The summed E-state index contributed by atoms with van der Waals surface area (Å²) in [4.78, 5) is 15.7. The van der Waals surface area contributed by atoms with Crippen LogP contribution in [0.15, 0.2) is 16.6 Å². The van der Waals surface area contributed by atoms with Crippen molar-refractivity contribution in [2.45, 2.75) is 26.9 Å². The summed E-state index contributed by atoms with van der Waals surface area (Å²) < 4.78 is 19.8. The van der Waals surface area contributed by atoms with Gasteiger partial charge in [0, 0.05) is 10.9 Å². The Bertz CT molecular complexity index is 643. The Labute approximate surface area is 123 Å². The normalized spacial score (nSPS) is 10.6. The van der Waals surface area contributed by atoms with Crippen molar-refractivity contribution in [3.8, 4) is 5.75 Å². The Morgan fingerprint density at radius 3 is 2.85 bits per heavy atom.